The summed E-state index contributed by atoms with van der Waals surface area (Å²) in [5, 5.41) is 51.2. The smallest absolute Gasteiger partial charge is 0.336 e. The molecule has 5 unspecified atom stereocenters. The molecule has 0 aromatic heterocycles. The van der Waals surface area contributed by atoms with E-state index in [0.717, 1.165) is 12.8 Å². The van der Waals surface area contributed by atoms with Crippen LogP contribution >= 0.6 is 0 Å². The molecule has 1 heterocycles. The lowest BCUT2D eigenvalue weighted by atomic mass is 9.81. The highest BCUT2D eigenvalue weighted by Gasteiger charge is 2.53. The van der Waals surface area contributed by atoms with Gasteiger partial charge in [-0.1, -0.05) is 51.5 Å². The summed E-state index contributed by atoms with van der Waals surface area (Å²) in [6.45, 7) is 5.23. The first-order chi connectivity index (χ1) is 12.1. The van der Waals surface area contributed by atoms with Crippen LogP contribution in [0.1, 0.15) is 40.0 Å². The fourth-order valence-corrected chi connectivity index (χ4v) is 3.32. The Kier molecular flexibility index (Phi) is 8.43. The number of aliphatic hydroxyl groups is 4. The van der Waals surface area contributed by atoms with Gasteiger partial charge in [-0.3, -0.25) is 4.90 Å². The Balaban J connectivity index is 2.92. The van der Waals surface area contributed by atoms with Gasteiger partial charge in [-0.05, 0) is 19.4 Å². The highest BCUT2D eigenvalue weighted by molar-refractivity contribution is 5.77. The molecular weight excluding hydrogens is 338 g/mol. The summed E-state index contributed by atoms with van der Waals surface area (Å²) in [6, 6.07) is -0.794. The number of rotatable bonds is 9. The number of likely N-dealkylation sites (N-methyl/N-ethyl adjacent to an activating group) is 1. The van der Waals surface area contributed by atoms with E-state index in [1.54, 1.807) is 33.0 Å². The number of hydrogen-bond donors (Lipinski definition) is 5. The average Bonchev–Trinajstić information content (AvgIpc) is 2.77. The lowest BCUT2D eigenvalue weighted by Gasteiger charge is -2.34. The first-order valence-corrected chi connectivity index (χ1v) is 9.13. The molecule has 1 rings (SSSR count). The van der Waals surface area contributed by atoms with E-state index in [0.29, 0.717) is 0 Å². The minimum Gasteiger partial charge on any atom is -0.479 e. The minimum absolute atomic E-state index is 0.252. The van der Waals surface area contributed by atoms with E-state index >= 15 is 0 Å². The van der Waals surface area contributed by atoms with Crippen molar-refractivity contribution in [3.63, 3.8) is 0 Å². The number of nitrogens with zero attached hydrogens (tertiary/aromatic N) is 1. The van der Waals surface area contributed by atoms with Crippen molar-refractivity contribution >= 4 is 5.97 Å². The summed E-state index contributed by atoms with van der Waals surface area (Å²) in [5.74, 6) is -2.84. The predicted molar refractivity (Wildman–Crippen MR) is 98.3 cm³/mol. The lowest BCUT2D eigenvalue weighted by Crippen LogP contribution is -2.51. The Hall–Kier alpha value is -1.25. The van der Waals surface area contributed by atoms with Gasteiger partial charge in [0.2, 0.25) is 0 Å². The van der Waals surface area contributed by atoms with Gasteiger partial charge in [0, 0.05) is 12.5 Å². The normalized spacial score (nSPS) is 31.1. The molecule has 0 bridgehead atoms. The van der Waals surface area contributed by atoms with Crippen LogP contribution in [0.4, 0.5) is 0 Å². The van der Waals surface area contributed by atoms with Crippen molar-refractivity contribution in [3.8, 4) is 0 Å². The van der Waals surface area contributed by atoms with E-state index in [1.165, 1.54) is 11.0 Å². The molecular formula is C19H33NO6. The molecule has 0 spiro atoms. The third-order valence-corrected chi connectivity index (χ3v) is 5.32. The molecule has 1 aliphatic heterocycles. The molecule has 0 radical (unpaired) electrons. The maximum Gasteiger partial charge on any atom is 0.336 e. The first-order valence-electron chi connectivity index (χ1n) is 9.13. The lowest BCUT2D eigenvalue weighted by molar-refractivity contribution is -0.167. The zero-order chi connectivity index (χ0) is 20.1. The second-order valence-electron chi connectivity index (χ2n) is 7.39. The Morgan fingerprint density at radius 3 is 2.38 bits per heavy atom. The third kappa shape index (κ3) is 4.92. The molecule has 0 amide bonds. The summed E-state index contributed by atoms with van der Waals surface area (Å²) in [7, 11) is 1.54. The van der Waals surface area contributed by atoms with Crippen LogP contribution in [0.5, 0.6) is 0 Å². The zero-order valence-corrected chi connectivity index (χ0v) is 16.0. The fourth-order valence-electron chi connectivity index (χ4n) is 3.32. The number of carboxylic acid groups (broad SMARTS) is 1. The average molecular weight is 371 g/mol. The molecule has 0 saturated carbocycles. The number of hydrogen-bond acceptors (Lipinski definition) is 6. The van der Waals surface area contributed by atoms with Gasteiger partial charge in [0.1, 0.15) is 6.23 Å². The Morgan fingerprint density at radius 1 is 1.27 bits per heavy atom. The highest BCUT2D eigenvalue weighted by atomic mass is 16.4. The molecule has 0 aromatic carbocycles. The zero-order valence-electron chi connectivity index (χ0n) is 16.0. The van der Waals surface area contributed by atoms with Crippen LogP contribution in [0.2, 0.25) is 0 Å². The van der Waals surface area contributed by atoms with Gasteiger partial charge in [-0.15, -0.1) is 0 Å². The quantitative estimate of drug-likeness (QED) is 0.379. The Bertz CT molecular complexity index is 520. The van der Waals surface area contributed by atoms with Crippen LogP contribution in [0.15, 0.2) is 24.3 Å². The van der Waals surface area contributed by atoms with Gasteiger partial charge in [0.05, 0.1) is 18.1 Å². The van der Waals surface area contributed by atoms with E-state index in [9.17, 15) is 30.3 Å². The molecule has 150 valence electrons. The van der Waals surface area contributed by atoms with E-state index in [1.807, 2.05) is 6.08 Å². The first kappa shape index (κ1) is 22.8. The molecule has 7 nitrogen and oxygen atoms in total. The molecule has 5 N–H and O–H groups in total. The molecule has 0 aliphatic carbocycles. The van der Waals surface area contributed by atoms with Crippen LogP contribution in [0.25, 0.3) is 0 Å². The topological polar surface area (TPSA) is 121 Å². The molecule has 1 saturated heterocycles. The van der Waals surface area contributed by atoms with Crippen LogP contribution in [-0.2, 0) is 4.79 Å². The SMILES string of the molecule is CCC/C=C/C=C/C(O)C1C(O)C(C[C@@](O)(C(=O)O)C(C)C)N(C)C1O. The largest absolute Gasteiger partial charge is 0.479 e. The van der Waals surface area contributed by atoms with E-state index in [-0.39, 0.29) is 6.42 Å². The second kappa shape index (κ2) is 9.62. The van der Waals surface area contributed by atoms with Gasteiger partial charge < -0.3 is 25.5 Å². The van der Waals surface area contributed by atoms with Crippen molar-refractivity contribution in [1.29, 1.82) is 0 Å². The van der Waals surface area contributed by atoms with Crippen LogP contribution in [-0.4, -0.2) is 73.5 Å². The van der Waals surface area contributed by atoms with Gasteiger partial charge in [-0.25, -0.2) is 4.79 Å². The molecule has 0 aromatic rings. The van der Waals surface area contributed by atoms with Crippen molar-refractivity contribution in [3.05, 3.63) is 24.3 Å². The molecule has 1 fully saturated rings. The Morgan fingerprint density at radius 2 is 1.88 bits per heavy atom. The fraction of sp³-hybridized carbons (Fsp3) is 0.737. The van der Waals surface area contributed by atoms with Crippen molar-refractivity contribution < 1.29 is 30.3 Å². The van der Waals surface area contributed by atoms with E-state index < -0.39 is 47.9 Å². The van der Waals surface area contributed by atoms with Crippen LogP contribution in [0.3, 0.4) is 0 Å². The minimum atomic E-state index is -2.03. The number of aliphatic carboxylic acids is 1. The number of carbonyl (C=O) groups is 1. The number of likely N-dealkylation sites (tertiary alicyclic amines) is 1. The second-order valence-corrected chi connectivity index (χ2v) is 7.39. The van der Waals surface area contributed by atoms with Gasteiger partial charge in [-0.2, -0.15) is 0 Å². The summed E-state index contributed by atoms with van der Waals surface area (Å²) < 4.78 is 0. The maximum atomic E-state index is 11.5. The van der Waals surface area contributed by atoms with Crippen LogP contribution in [0, 0.1) is 11.8 Å². The number of aliphatic hydroxyl groups excluding tert-OH is 3. The van der Waals surface area contributed by atoms with Crippen LogP contribution < -0.4 is 0 Å². The van der Waals surface area contributed by atoms with Gasteiger partial charge in [0.15, 0.2) is 5.60 Å². The molecule has 6 atom stereocenters. The number of allylic oxidation sites excluding steroid dienone is 3. The molecule has 26 heavy (non-hydrogen) atoms. The highest BCUT2D eigenvalue weighted by Crippen LogP contribution is 2.36. The Labute approximate surface area is 155 Å². The summed E-state index contributed by atoms with van der Waals surface area (Å²) in [5.41, 5.74) is -2.03. The summed E-state index contributed by atoms with van der Waals surface area (Å²) in [6.07, 6.45) is 5.15. The third-order valence-electron chi connectivity index (χ3n) is 5.32. The van der Waals surface area contributed by atoms with E-state index in [4.69, 9.17) is 0 Å². The number of carboxylic acids is 1. The number of unbranched alkanes of at least 4 members (excludes halogenated alkanes) is 1. The molecule has 7 heteroatoms. The predicted octanol–water partition coefficient (Wildman–Crippen LogP) is 0.731. The van der Waals surface area contributed by atoms with Crippen molar-refractivity contribution in [1.82, 2.24) is 4.90 Å². The van der Waals surface area contributed by atoms with E-state index in [2.05, 4.69) is 6.92 Å². The van der Waals surface area contributed by atoms with Crippen molar-refractivity contribution in [2.45, 2.75) is 70.1 Å². The monoisotopic (exact) mass is 371 g/mol. The van der Waals surface area contributed by atoms with Gasteiger partial charge in [0.25, 0.3) is 0 Å². The van der Waals surface area contributed by atoms with Crippen molar-refractivity contribution in [2.24, 2.45) is 11.8 Å². The summed E-state index contributed by atoms with van der Waals surface area (Å²) >= 11 is 0. The summed E-state index contributed by atoms with van der Waals surface area (Å²) in [4.78, 5) is 12.9. The van der Waals surface area contributed by atoms with Gasteiger partial charge >= 0.3 is 5.97 Å². The standard InChI is InChI=1S/C19H33NO6/c1-5-6-7-8-9-10-14(21)15-16(22)13(20(4)17(15)23)11-19(26,12(2)3)18(24)25/h7-10,12-17,21-23,26H,5-6,11H2,1-4H3,(H,24,25)/b8-7+,10-9+/t13?,14?,15?,16?,17?,19-/m0/s1. The maximum absolute atomic E-state index is 11.5. The molecule has 1 aliphatic rings. The van der Waals surface area contributed by atoms with Crippen molar-refractivity contribution in [2.75, 3.05) is 7.05 Å².